The minimum Gasteiger partial charge on any atom is -0.377 e. The van der Waals surface area contributed by atoms with Crippen molar-refractivity contribution in [1.29, 1.82) is 0 Å². The minimum atomic E-state index is -1.30. The van der Waals surface area contributed by atoms with E-state index in [1.807, 2.05) is 54.6 Å². The average molecular weight is 735 g/mol. The molecule has 2 aliphatic heterocycles. The van der Waals surface area contributed by atoms with E-state index < -0.39 is 7.92 Å². The van der Waals surface area contributed by atoms with Crippen molar-refractivity contribution in [3.63, 3.8) is 0 Å². The summed E-state index contributed by atoms with van der Waals surface area (Å²) in [6.45, 7) is 6.28. The number of fused-ring (bicyclic) bond motifs is 4. The molecule has 0 atom stereocenters. The number of ether oxygens (including phenoxy) is 10. The molecule has 0 N–H and O–H groups in total. The van der Waals surface area contributed by atoms with Gasteiger partial charge in [-0.15, -0.1) is 0 Å². The van der Waals surface area contributed by atoms with Crippen LogP contribution in [0.25, 0.3) is 0 Å². The minimum absolute atomic E-state index is 0.0471. The fraction of sp³-hybridized carbons (Fsp3) is 0.526. The van der Waals surface area contributed by atoms with Gasteiger partial charge >= 0.3 is 0 Å². The number of halogens is 2. The Hall–Kier alpha value is -2.45. The molecular formula is C38H49F2O10P. The van der Waals surface area contributed by atoms with Gasteiger partial charge in [0.1, 0.15) is 11.6 Å². The summed E-state index contributed by atoms with van der Waals surface area (Å²) < 4.78 is 89.1. The monoisotopic (exact) mass is 734 g/mol. The molecule has 0 aromatic heterocycles. The first kappa shape index (κ1) is 39.8. The highest BCUT2D eigenvalue weighted by molar-refractivity contribution is 7.79. The highest BCUT2D eigenvalue weighted by Crippen LogP contribution is 2.36. The predicted molar refractivity (Wildman–Crippen MR) is 189 cm³/mol. The zero-order valence-electron chi connectivity index (χ0n) is 29.1. The van der Waals surface area contributed by atoms with Crippen molar-refractivity contribution >= 4 is 23.8 Å². The normalized spacial score (nSPS) is 19.4. The molecule has 0 spiro atoms. The molecule has 2 aliphatic rings. The molecule has 0 aliphatic carbocycles. The van der Waals surface area contributed by atoms with E-state index in [0.717, 1.165) is 15.9 Å². The maximum atomic E-state index is 16.1. The third kappa shape index (κ3) is 13.5. The van der Waals surface area contributed by atoms with Crippen LogP contribution < -0.4 is 15.9 Å². The van der Waals surface area contributed by atoms with Gasteiger partial charge in [-0.25, -0.2) is 8.78 Å². The summed E-state index contributed by atoms with van der Waals surface area (Å²) in [6.07, 6.45) is 0. The maximum absolute atomic E-state index is 16.1. The standard InChI is InChI=1S/C38H49F2O10P/c39-37-30-22-35(23-31(37)27-48-19-15-44-11-7-41-6-10-43-14-18-47-26-30)51(34-4-2-1-3-5-34)36-24-32-28-49-20-16-45-12-8-42-9-13-46-17-21-50-29-33(25-36)38(32)40/h1-5,22-25H,6-21,26-29H2. The van der Waals surface area contributed by atoms with Crippen LogP contribution >= 0.6 is 7.92 Å². The SMILES string of the molecule is Fc1c2cc(P(c3ccccc3)c3cc4c(F)c(c3)COCCOCCOCCOCCOC4)cc1COCCOCCOCCOCCOC2. The van der Waals surface area contributed by atoms with Crippen LogP contribution in [-0.2, 0) is 73.8 Å². The highest BCUT2D eigenvalue weighted by Gasteiger charge is 2.24. The van der Waals surface area contributed by atoms with E-state index in [-0.39, 0.29) is 38.1 Å². The van der Waals surface area contributed by atoms with Crippen molar-refractivity contribution in [2.24, 2.45) is 0 Å². The lowest BCUT2D eigenvalue weighted by atomic mass is 10.1. The predicted octanol–water partition coefficient (Wildman–Crippen LogP) is 3.92. The molecule has 51 heavy (non-hydrogen) atoms. The van der Waals surface area contributed by atoms with Crippen molar-refractivity contribution in [2.45, 2.75) is 26.4 Å². The summed E-state index contributed by atoms with van der Waals surface area (Å²) in [4.78, 5) is 0. The van der Waals surface area contributed by atoms with Crippen molar-refractivity contribution in [1.82, 2.24) is 0 Å². The van der Waals surface area contributed by atoms with Gasteiger partial charge in [-0.3, -0.25) is 0 Å². The molecule has 0 saturated heterocycles. The van der Waals surface area contributed by atoms with Gasteiger partial charge in [0.15, 0.2) is 0 Å². The lowest BCUT2D eigenvalue weighted by molar-refractivity contribution is -0.0150. The van der Waals surface area contributed by atoms with E-state index in [1.54, 1.807) is 0 Å². The molecule has 0 radical (unpaired) electrons. The summed E-state index contributed by atoms with van der Waals surface area (Å²) in [6, 6.07) is 17.4. The van der Waals surface area contributed by atoms with Crippen LogP contribution in [0.4, 0.5) is 8.78 Å². The molecule has 4 bridgehead atoms. The first-order chi connectivity index (χ1) is 25.2. The van der Waals surface area contributed by atoms with Gasteiger partial charge in [0, 0.05) is 22.3 Å². The molecule has 0 saturated carbocycles. The molecule has 3 aromatic rings. The molecule has 5 rings (SSSR count). The molecule has 0 amide bonds. The van der Waals surface area contributed by atoms with E-state index in [4.69, 9.17) is 47.4 Å². The van der Waals surface area contributed by atoms with Crippen LogP contribution in [0.5, 0.6) is 0 Å². The lowest BCUT2D eigenvalue weighted by Crippen LogP contribution is -2.24. The van der Waals surface area contributed by atoms with Gasteiger partial charge in [0.25, 0.3) is 0 Å². The Labute approximate surface area is 300 Å². The molecule has 13 heteroatoms. The Morgan fingerprint density at radius 1 is 0.333 bits per heavy atom. The Kier molecular flexibility index (Phi) is 18.1. The van der Waals surface area contributed by atoms with Crippen LogP contribution in [0.15, 0.2) is 54.6 Å². The molecule has 2 heterocycles. The summed E-state index contributed by atoms with van der Waals surface area (Å²) in [7, 11) is -1.30. The summed E-state index contributed by atoms with van der Waals surface area (Å²) in [5, 5.41) is 2.76. The maximum Gasteiger partial charge on any atom is 0.134 e. The molecule has 3 aromatic carbocycles. The fourth-order valence-corrected chi connectivity index (χ4v) is 7.95. The fourth-order valence-electron chi connectivity index (χ4n) is 5.45. The van der Waals surface area contributed by atoms with E-state index in [0.29, 0.717) is 128 Å². The third-order valence-electron chi connectivity index (χ3n) is 7.95. The first-order valence-electron chi connectivity index (χ1n) is 17.5. The van der Waals surface area contributed by atoms with Crippen LogP contribution in [0.2, 0.25) is 0 Å². The summed E-state index contributed by atoms with van der Waals surface area (Å²) >= 11 is 0. The largest absolute Gasteiger partial charge is 0.377 e. The summed E-state index contributed by atoms with van der Waals surface area (Å²) in [5.74, 6) is -0.757. The van der Waals surface area contributed by atoms with E-state index in [1.165, 1.54) is 0 Å². The second kappa shape index (κ2) is 23.3. The van der Waals surface area contributed by atoms with Crippen LogP contribution in [0.3, 0.4) is 0 Å². The Balaban J connectivity index is 1.49. The van der Waals surface area contributed by atoms with Crippen LogP contribution in [0.1, 0.15) is 22.3 Å². The van der Waals surface area contributed by atoms with Crippen LogP contribution in [-0.4, -0.2) is 106 Å². The van der Waals surface area contributed by atoms with E-state index in [2.05, 4.69) is 0 Å². The average Bonchev–Trinajstić information content (AvgIpc) is 3.14. The van der Waals surface area contributed by atoms with Gasteiger partial charge in [0.2, 0.25) is 0 Å². The molecule has 0 unspecified atom stereocenters. The van der Waals surface area contributed by atoms with E-state index >= 15 is 8.78 Å². The number of benzene rings is 3. The molecular weight excluding hydrogens is 685 g/mol. The van der Waals surface area contributed by atoms with Crippen molar-refractivity contribution < 1.29 is 56.1 Å². The Bertz CT molecular complexity index is 1270. The lowest BCUT2D eigenvalue weighted by Gasteiger charge is -2.24. The zero-order valence-corrected chi connectivity index (χ0v) is 30.0. The first-order valence-corrected chi connectivity index (χ1v) is 18.8. The second-order valence-corrected chi connectivity index (χ2v) is 13.9. The van der Waals surface area contributed by atoms with Gasteiger partial charge in [0.05, 0.1) is 132 Å². The van der Waals surface area contributed by atoms with Crippen molar-refractivity contribution in [3.05, 3.63) is 88.5 Å². The molecule has 10 nitrogen and oxygen atoms in total. The van der Waals surface area contributed by atoms with Crippen LogP contribution in [0, 0.1) is 11.6 Å². The Morgan fingerprint density at radius 3 is 0.863 bits per heavy atom. The second-order valence-electron chi connectivity index (χ2n) is 11.7. The highest BCUT2D eigenvalue weighted by atomic mass is 31.1. The van der Waals surface area contributed by atoms with Gasteiger partial charge in [-0.2, -0.15) is 0 Å². The third-order valence-corrected chi connectivity index (χ3v) is 10.3. The quantitative estimate of drug-likeness (QED) is 0.369. The Morgan fingerprint density at radius 2 is 0.588 bits per heavy atom. The summed E-state index contributed by atoms with van der Waals surface area (Å²) in [5.41, 5.74) is 1.62. The number of rotatable bonds is 3. The number of hydrogen-bond acceptors (Lipinski definition) is 10. The van der Waals surface area contributed by atoms with Gasteiger partial charge in [-0.1, -0.05) is 30.3 Å². The van der Waals surface area contributed by atoms with E-state index in [9.17, 15) is 0 Å². The topological polar surface area (TPSA) is 92.3 Å². The van der Waals surface area contributed by atoms with Gasteiger partial charge < -0.3 is 47.4 Å². The molecule has 280 valence electrons. The van der Waals surface area contributed by atoms with Crippen molar-refractivity contribution in [2.75, 3.05) is 106 Å². The van der Waals surface area contributed by atoms with Crippen molar-refractivity contribution in [3.8, 4) is 0 Å². The molecule has 0 fully saturated rings. The van der Waals surface area contributed by atoms with Gasteiger partial charge in [-0.05, 0) is 48.1 Å². The zero-order chi connectivity index (χ0) is 35.4. The smallest absolute Gasteiger partial charge is 0.134 e. The number of hydrogen-bond donors (Lipinski definition) is 0.